The fourth-order valence-electron chi connectivity index (χ4n) is 1.79. The van der Waals surface area contributed by atoms with Crippen molar-refractivity contribution in [2.75, 3.05) is 0 Å². The maximum Gasteiger partial charge on any atom is 0.123 e. The van der Waals surface area contributed by atoms with Crippen LogP contribution in [0.4, 0.5) is 4.39 Å². The minimum Gasteiger partial charge on any atom is -0.319 e. The summed E-state index contributed by atoms with van der Waals surface area (Å²) in [4.78, 5) is 0.914. The quantitative estimate of drug-likeness (QED) is 0.912. The molecule has 90 valence electrons. The van der Waals surface area contributed by atoms with E-state index in [-0.39, 0.29) is 11.9 Å². The van der Waals surface area contributed by atoms with Crippen LogP contribution in [-0.4, -0.2) is 9.59 Å². The Hall–Kier alpha value is -1.33. The van der Waals surface area contributed by atoms with Gasteiger partial charge >= 0.3 is 0 Å². The van der Waals surface area contributed by atoms with Crippen molar-refractivity contribution in [1.82, 2.24) is 9.59 Å². The van der Waals surface area contributed by atoms with Gasteiger partial charge in [-0.05, 0) is 48.1 Å². The van der Waals surface area contributed by atoms with Crippen molar-refractivity contribution in [3.05, 3.63) is 45.7 Å². The molecule has 1 aromatic carbocycles. The van der Waals surface area contributed by atoms with E-state index in [9.17, 15) is 4.39 Å². The number of aryl methyl sites for hydroxylation is 2. The molecule has 1 heterocycles. The fraction of sp³-hybridized carbons (Fsp3) is 0.333. The summed E-state index contributed by atoms with van der Waals surface area (Å²) in [5.41, 5.74) is 8.67. The van der Waals surface area contributed by atoms with Crippen LogP contribution in [0.2, 0.25) is 0 Å². The Morgan fingerprint density at radius 1 is 1.41 bits per heavy atom. The second kappa shape index (κ2) is 4.89. The topological polar surface area (TPSA) is 51.8 Å². The zero-order valence-electron chi connectivity index (χ0n) is 9.77. The molecular formula is C12H14FN3S. The standard InChI is InChI=1S/C12H14FN3S/c1-3-10-12(17-16-15-10)11(14)8-4-7(2)5-9(13)6-8/h4-6,11H,3,14H2,1-2H3. The molecule has 5 heteroatoms. The van der Waals surface area contributed by atoms with Crippen LogP contribution in [-0.2, 0) is 6.42 Å². The van der Waals surface area contributed by atoms with Crippen LogP contribution >= 0.6 is 11.5 Å². The molecule has 0 fully saturated rings. The van der Waals surface area contributed by atoms with Crippen LogP contribution in [0, 0.1) is 12.7 Å². The Kier molecular flexibility index (Phi) is 3.49. The van der Waals surface area contributed by atoms with E-state index < -0.39 is 0 Å². The van der Waals surface area contributed by atoms with Gasteiger partial charge in [0, 0.05) is 0 Å². The highest BCUT2D eigenvalue weighted by Gasteiger charge is 2.17. The lowest BCUT2D eigenvalue weighted by Gasteiger charge is -2.11. The van der Waals surface area contributed by atoms with E-state index in [1.807, 2.05) is 19.9 Å². The second-order valence-corrected chi connectivity index (χ2v) is 4.76. The van der Waals surface area contributed by atoms with E-state index in [0.29, 0.717) is 0 Å². The van der Waals surface area contributed by atoms with Gasteiger partial charge in [0.05, 0.1) is 16.6 Å². The van der Waals surface area contributed by atoms with E-state index >= 15 is 0 Å². The Labute approximate surface area is 104 Å². The van der Waals surface area contributed by atoms with Crippen LogP contribution in [0.5, 0.6) is 0 Å². The smallest absolute Gasteiger partial charge is 0.123 e. The largest absolute Gasteiger partial charge is 0.319 e. The predicted molar refractivity (Wildman–Crippen MR) is 66.5 cm³/mol. The van der Waals surface area contributed by atoms with Crippen LogP contribution in [0.1, 0.15) is 34.7 Å². The van der Waals surface area contributed by atoms with Gasteiger partial charge in [0.2, 0.25) is 0 Å². The molecule has 1 unspecified atom stereocenters. The highest BCUT2D eigenvalue weighted by molar-refractivity contribution is 7.05. The minimum absolute atomic E-state index is 0.258. The van der Waals surface area contributed by atoms with Crippen molar-refractivity contribution in [1.29, 1.82) is 0 Å². The number of benzene rings is 1. The first-order valence-electron chi connectivity index (χ1n) is 5.45. The monoisotopic (exact) mass is 251 g/mol. The highest BCUT2D eigenvalue weighted by atomic mass is 32.1. The molecule has 0 radical (unpaired) electrons. The molecule has 0 spiro atoms. The Morgan fingerprint density at radius 3 is 2.82 bits per heavy atom. The van der Waals surface area contributed by atoms with Gasteiger partial charge in [-0.25, -0.2) is 4.39 Å². The molecule has 2 rings (SSSR count). The summed E-state index contributed by atoms with van der Waals surface area (Å²) in [6, 6.07) is 4.50. The number of nitrogens with two attached hydrogens (primary N) is 1. The molecule has 1 aromatic heterocycles. The van der Waals surface area contributed by atoms with Gasteiger partial charge in [-0.1, -0.05) is 17.5 Å². The Balaban J connectivity index is 2.39. The van der Waals surface area contributed by atoms with Crippen molar-refractivity contribution in [2.45, 2.75) is 26.3 Å². The zero-order chi connectivity index (χ0) is 12.4. The summed E-state index contributed by atoms with van der Waals surface area (Å²) >= 11 is 1.28. The molecule has 2 aromatic rings. The summed E-state index contributed by atoms with van der Waals surface area (Å²) < 4.78 is 17.2. The lowest BCUT2D eigenvalue weighted by Crippen LogP contribution is -2.12. The molecule has 0 saturated carbocycles. The number of hydrogen-bond acceptors (Lipinski definition) is 4. The van der Waals surface area contributed by atoms with Gasteiger partial charge in [0.25, 0.3) is 0 Å². The van der Waals surface area contributed by atoms with Crippen molar-refractivity contribution >= 4 is 11.5 Å². The third kappa shape index (κ3) is 2.50. The van der Waals surface area contributed by atoms with E-state index in [1.165, 1.54) is 23.7 Å². The molecule has 1 atom stereocenters. The molecule has 0 amide bonds. The van der Waals surface area contributed by atoms with Gasteiger partial charge in [-0.3, -0.25) is 0 Å². The van der Waals surface area contributed by atoms with Crippen molar-refractivity contribution in [3.63, 3.8) is 0 Å². The maximum atomic E-state index is 13.3. The SMILES string of the molecule is CCc1nnsc1C(N)c1cc(C)cc(F)c1. The molecule has 0 aliphatic carbocycles. The number of hydrogen-bond donors (Lipinski definition) is 1. The molecule has 0 aliphatic rings. The van der Waals surface area contributed by atoms with Crippen LogP contribution in [0.25, 0.3) is 0 Å². The van der Waals surface area contributed by atoms with Crippen LogP contribution in [0.15, 0.2) is 18.2 Å². The van der Waals surface area contributed by atoms with Crippen LogP contribution < -0.4 is 5.73 Å². The molecule has 2 N–H and O–H groups in total. The maximum absolute atomic E-state index is 13.3. The zero-order valence-corrected chi connectivity index (χ0v) is 10.6. The summed E-state index contributed by atoms with van der Waals surface area (Å²) in [7, 11) is 0. The number of aromatic nitrogens is 2. The van der Waals surface area contributed by atoms with Crippen molar-refractivity contribution < 1.29 is 4.39 Å². The molecular weight excluding hydrogens is 237 g/mol. The first-order chi connectivity index (χ1) is 8.11. The number of nitrogens with zero attached hydrogens (tertiary/aromatic N) is 2. The van der Waals surface area contributed by atoms with E-state index in [0.717, 1.165) is 28.1 Å². The van der Waals surface area contributed by atoms with Gasteiger partial charge < -0.3 is 5.73 Å². The van der Waals surface area contributed by atoms with Crippen molar-refractivity contribution in [2.24, 2.45) is 5.73 Å². The first-order valence-corrected chi connectivity index (χ1v) is 6.23. The molecule has 17 heavy (non-hydrogen) atoms. The molecule has 0 bridgehead atoms. The summed E-state index contributed by atoms with van der Waals surface area (Å²) in [5, 5.41) is 4.02. The third-order valence-corrected chi connectivity index (χ3v) is 3.48. The van der Waals surface area contributed by atoms with Gasteiger partial charge in [0.1, 0.15) is 5.82 Å². The van der Waals surface area contributed by atoms with Gasteiger partial charge in [-0.2, -0.15) is 0 Å². The summed E-state index contributed by atoms with van der Waals surface area (Å²) in [6.07, 6.45) is 0.786. The number of rotatable bonds is 3. The van der Waals surface area contributed by atoms with Gasteiger partial charge in [0.15, 0.2) is 0 Å². The van der Waals surface area contributed by atoms with Crippen molar-refractivity contribution in [3.8, 4) is 0 Å². The lowest BCUT2D eigenvalue weighted by atomic mass is 10.0. The summed E-state index contributed by atoms with van der Waals surface area (Å²) in [5.74, 6) is -0.258. The highest BCUT2D eigenvalue weighted by Crippen LogP contribution is 2.26. The van der Waals surface area contributed by atoms with Gasteiger partial charge in [-0.15, -0.1) is 5.10 Å². The lowest BCUT2D eigenvalue weighted by molar-refractivity contribution is 0.622. The number of halogens is 1. The summed E-state index contributed by atoms with van der Waals surface area (Å²) in [6.45, 7) is 3.86. The normalized spacial score (nSPS) is 12.7. The van der Waals surface area contributed by atoms with E-state index in [4.69, 9.17) is 5.73 Å². The molecule has 0 aliphatic heterocycles. The van der Waals surface area contributed by atoms with E-state index in [1.54, 1.807) is 0 Å². The molecule has 0 saturated heterocycles. The second-order valence-electron chi connectivity index (χ2n) is 3.98. The average molecular weight is 251 g/mol. The third-order valence-electron chi connectivity index (χ3n) is 2.63. The van der Waals surface area contributed by atoms with E-state index in [2.05, 4.69) is 9.59 Å². The predicted octanol–water partition coefficient (Wildman–Crippen LogP) is 2.60. The minimum atomic E-state index is -0.348. The average Bonchev–Trinajstić information content (AvgIpc) is 2.74. The Bertz CT molecular complexity index is 504. The Morgan fingerprint density at radius 2 is 2.18 bits per heavy atom. The fourth-order valence-corrected chi connectivity index (χ4v) is 2.56. The molecule has 3 nitrogen and oxygen atoms in total. The van der Waals surface area contributed by atoms with Crippen LogP contribution in [0.3, 0.4) is 0 Å². The first kappa shape index (κ1) is 12.1.